The van der Waals surface area contributed by atoms with E-state index in [9.17, 15) is 14.9 Å². The number of carbonyl (C=O) groups is 1. The topological polar surface area (TPSA) is 89.7 Å². The van der Waals surface area contributed by atoms with Crippen LogP contribution in [0.3, 0.4) is 0 Å². The van der Waals surface area contributed by atoms with Crippen LogP contribution in [0.1, 0.15) is 11.1 Å². The summed E-state index contributed by atoms with van der Waals surface area (Å²) in [5, 5.41) is 19.8. The van der Waals surface area contributed by atoms with Gasteiger partial charge in [-0.3, -0.25) is 14.9 Å². The molecule has 2 aromatic rings. The van der Waals surface area contributed by atoms with Crippen LogP contribution in [0.4, 0.5) is 5.69 Å². The van der Waals surface area contributed by atoms with Crippen molar-refractivity contribution < 1.29 is 19.6 Å². The molecule has 0 saturated heterocycles. The van der Waals surface area contributed by atoms with E-state index in [0.717, 1.165) is 5.56 Å². The van der Waals surface area contributed by atoms with Gasteiger partial charge in [-0.05, 0) is 36.2 Å². The summed E-state index contributed by atoms with van der Waals surface area (Å²) in [5.41, 5.74) is 1.20. The average Bonchev–Trinajstić information content (AvgIpc) is 2.40. The van der Waals surface area contributed by atoms with Crippen LogP contribution in [0.2, 0.25) is 0 Å². The molecule has 0 aliphatic carbocycles. The highest BCUT2D eigenvalue weighted by molar-refractivity contribution is 5.70. The Hall–Kier alpha value is -2.89. The molecule has 0 bridgehead atoms. The summed E-state index contributed by atoms with van der Waals surface area (Å²) in [6.45, 7) is 1.75. The minimum Gasteiger partial charge on any atom is -0.481 e. The molecule has 2 aromatic carbocycles. The third-order valence-electron chi connectivity index (χ3n) is 2.79. The van der Waals surface area contributed by atoms with Crippen molar-refractivity contribution in [3.8, 4) is 11.5 Å². The van der Waals surface area contributed by atoms with E-state index in [1.807, 2.05) is 0 Å². The number of hydrogen-bond donors (Lipinski definition) is 1. The second-order valence-corrected chi connectivity index (χ2v) is 4.55. The maximum absolute atomic E-state index is 11.0. The second kappa shape index (κ2) is 6.04. The summed E-state index contributed by atoms with van der Waals surface area (Å²) in [5.74, 6) is -0.466. The number of aliphatic carboxylic acids is 1. The van der Waals surface area contributed by atoms with Gasteiger partial charge >= 0.3 is 11.7 Å². The fraction of sp³-hybridized carbons (Fsp3) is 0.133. The lowest BCUT2D eigenvalue weighted by Gasteiger charge is -2.08. The first-order valence-electron chi connectivity index (χ1n) is 6.19. The van der Waals surface area contributed by atoms with Gasteiger partial charge in [0.1, 0.15) is 5.75 Å². The number of nitrogens with zero attached hydrogens (tertiary/aromatic N) is 1. The quantitative estimate of drug-likeness (QED) is 0.673. The lowest BCUT2D eigenvalue weighted by atomic mass is 10.1. The summed E-state index contributed by atoms with van der Waals surface area (Å²) in [6, 6.07) is 11.1. The highest BCUT2D eigenvalue weighted by Crippen LogP contribution is 2.32. The van der Waals surface area contributed by atoms with E-state index in [2.05, 4.69) is 0 Å². The maximum Gasteiger partial charge on any atom is 0.311 e. The molecule has 0 amide bonds. The zero-order valence-corrected chi connectivity index (χ0v) is 11.3. The molecule has 0 atom stereocenters. The van der Waals surface area contributed by atoms with Crippen molar-refractivity contribution in [1.29, 1.82) is 0 Å². The maximum atomic E-state index is 11.0. The Morgan fingerprint density at radius 1 is 1.29 bits per heavy atom. The summed E-state index contributed by atoms with van der Waals surface area (Å²) < 4.78 is 5.51. The van der Waals surface area contributed by atoms with E-state index in [-0.39, 0.29) is 17.9 Å². The van der Waals surface area contributed by atoms with Crippen LogP contribution < -0.4 is 4.74 Å². The van der Waals surface area contributed by atoms with Gasteiger partial charge in [-0.15, -0.1) is 0 Å². The molecule has 0 aliphatic heterocycles. The van der Waals surface area contributed by atoms with E-state index < -0.39 is 10.9 Å². The first kappa shape index (κ1) is 14.5. The van der Waals surface area contributed by atoms with Crippen LogP contribution in [0, 0.1) is 17.0 Å². The normalized spacial score (nSPS) is 10.1. The number of rotatable bonds is 5. The third-order valence-corrected chi connectivity index (χ3v) is 2.79. The molecular formula is C15H13NO5. The van der Waals surface area contributed by atoms with Gasteiger partial charge in [0.25, 0.3) is 0 Å². The highest BCUT2D eigenvalue weighted by atomic mass is 16.6. The van der Waals surface area contributed by atoms with Crippen LogP contribution in [-0.4, -0.2) is 16.0 Å². The van der Waals surface area contributed by atoms with E-state index in [1.165, 1.54) is 12.1 Å². The number of carboxylic acids is 1. The van der Waals surface area contributed by atoms with Crippen molar-refractivity contribution in [2.45, 2.75) is 13.3 Å². The molecular weight excluding hydrogens is 274 g/mol. The van der Waals surface area contributed by atoms with Crippen LogP contribution in [0.25, 0.3) is 0 Å². The largest absolute Gasteiger partial charge is 0.481 e. The van der Waals surface area contributed by atoms with Crippen LogP contribution >= 0.6 is 0 Å². The molecule has 0 heterocycles. The molecule has 0 unspecified atom stereocenters. The molecule has 108 valence electrons. The molecule has 2 rings (SSSR count). The average molecular weight is 287 g/mol. The monoisotopic (exact) mass is 287 g/mol. The number of ether oxygens (including phenoxy) is 1. The number of nitro groups is 1. The molecule has 21 heavy (non-hydrogen) atoms. The van der Waals surface area contributed by atoms with Gasteiger partial charge in [0, 0.05) is 6.07 Å². The summed E-state index contributed by atoms with van der Waals surface area (Å²) in [7, 11) is 0. The molecule has 6 heteroatoms. The molecule has 6 nitrogen and oxygen atoms in total. The van der Waals surface area contributed by atoms with Gasteiger partial charge in [-0.2, -0.15) is 0 Å². The molecule has 0 saturated carbocycles. The first-order valence-corrected chi connectivity index (χ1v) is 6.19. The van der Waals surface area contributed by atoms with Gasteiger partial charge in [0.15, 0.2) is 0 Å². The number of nitro benzene ring substituents is 1. The van der Waals surface area contributed by atoms with Gasteiger partial charge in [-0.25, -0.2) is 0 Å². The van der Waals surface area contributed by atoms with Crippen molar-refractivity contribution in [1.82, 2.24) is 0 Å². The van der Waals surface area contributed by atoms with Gasteiger partial charge < -0.3 is 9.84 Å². The Labute approximate surface area is 120 Å². The Morgan fingerprint density at radius 3 is 2.71 bits per heavy atom. The van der Waals surface area contributed by atoms with E-state index in [0.29, 0.717) is 11.3 Å². The van der Waals surface area contributed by atoms with Crippen molar-refractivity contribution >= 4 is 11.7 Å². The fourth-order valence-electron chi connectivity index (χ4n) is 1.88. The van der Waals surface area contributed by atoms with Crippen molar-refractivity contribution in [3.63, 3.8) is 0 Å². The predicted octanol–water partition coefficient (Wildman–Crippen LogP) is 3.32. The summed E-state index contributed by atoms with van der Waals surface area (Å²) in [4.78, 5) is 21.2. The fourth-order valence-corrected chi connectivity index (χ4v) is 1.88. The number of aryl methyl sites for hydroxylation is 1. The summed E-state index contributed by atoms with van der Waals surface area (Å²) in [6.07, 6.45) is -0.132. The lowest BCUT2D eigenvalue weighted by molar-refractivity contribution is -0.385. The molecule has 1 N–H and O–H groups in total. The highest BCUT2D eigenvalue weighted by Gasteiger charge is 2.16. The van der Waals surface area contributed by atoms with E-state index >= 15 is 0 Å². The number of carboxylic acid groups (broad SMARTS) is 1. The predicted molar refractivity (Wildman–Crippen MR) is 75.7 cm³/mol. The van der Waals surface area contributed by atoms with E-state index in [1.54, 1.807) is 37.3 Å². The van der Waals surface area contributed by atoms with E-state index in [4.69, 9.17) is 9.84 Å². The molecule has 0 radical (unpaired) electrons. The number of benzene rings is 2. The Balaban J connectivity index is 2.30. The Bertz CT molecular complexity index is 696. The van der Waals surface area contributed by atoms with Crippen LogP contribution in [0.15, 0.2) is 42.5 Å². The molecule has 0 aromatic heterocycles. The number of hydrogen-bond acceptors (Lipinski definition) is 4. The standard InChI is InChI=1S/C15H13NO5/c1-10-5-6-14(13(7-10)16(19)20)21-12-4-2-3-11(8-12)9-15(17)18/h2-8H,9H2,1H3,(H,17,18). The minimum atomic E-state index is -0.950. The van der Waals surface area contributed by atoms with Gasteiger partial charge in [0.05, 0.1) is 11.3 Å². The zero-order chi connectivity index (χ0) is 15.4. The molecule has 0 aliphatic rings. The first-order chi connectivity index (χ1) is 9.95. The zero-order valence-electron chi connectivity index (χ0n) is 11.3. The van der Waals surface area contributed by atoms with Crippen molar-refractivity contribution in [2.24, 2.45) is 0 Å². The Kier molecular flexibility index (Phi) is 4.18. The van der Waals surface area contributed by atoms with Crippen LogP contribution in [-0.2, 0) is 11.2 Å². The summed E-state index contributed by atoms with van der Waals surface area (Å²) >= 11 is 0. The Morgan fingerprint density at radius 2 is 2.05 bits per heavy atom. The second-order valence-electron chi connectivity index (χ2n) is 4.55. The minimum absolute atomic E-state index is 0.123. The van der Waals surface area contributed by atoms with Crippen LogP contribution in [0.5, 0.6) is 11.5 Å². The SMILES string of the molecule is Cc1ccc(Oc2cccc(CC(=O)O)c2)c([N+](=O)[O-])c1. The van der Waals surface area contributed by atoms with Gasteiger partial charge in [-0.1, -0.05) is 18.2 Å². The van der Waals surface area contributed by atoms with Crippen molar-refractivity contribution in [3.05, 3.63) is 63.7 Å². The van der Waals surface area contributed by atoms with Crippen molar-refractivity contribution in [2.75, 3.05) is 0 Å². The third kappa shape index (κ3) is 3.79. The molecule has 0 fully saturated rings. The molecule has 0 spiro atoms. The lowest BCUT2D eigenvalue weighted by Crippen LogP contribution is -2.00. The smallest absolute Gasteiger partial charge is 0.311 e. The van der Waals surface area contributed by atoms with Gasteiger partial charge in [0.2, 0.25) is 5.75 Å².